The molecule has 0 fully saturated rings. The van der Waals surface area contributed by atoms with Gasteiger partial charge in [0.25, 0.3) is 5.91 Å². The average Bonchev–Trinajstić information content (AvgIpc) is 2.85. The minimum Gasteiger partial charge on any atom is -0.399 e. The van der Waals surface area contributed by atoms with Gasteiger partial charge in [-0.25, -0.2) is 0 Å². The maximum atomic E-state index is 12.4. The molecule has 2 aromatic carbocycles. The second kappa shape index (κ2) is 5.50. The zero-order valence-electron chi connectivity index (χ0n) is 10.7. The molecule has 21 heavy (non-hydrogen) atoms. The number of nitrogens with one attached hydrogen (secondary N) is 2. The Balaban J connectivity index is 1.97. The molecule has 3 aromatic rings. The lowest BCUT2D eigenvalue weighted by Gasteiger charge is -2.06. The Bertz CT molecular complexity index is 844. The highest BCUT2D eigenvalue weighted by atomic mass is 79.9. The first-order valence-corrected chi connectivity index (χ1v) is 7.63. The zero-order valence-corrected chi connectivity index (χ0v) is 13.8. The van der Waals surface area contributed by atoms with E-state index in [0.29, 0.717) is 22.5 Å². The Labute approximate surface area is 137 Å². The number of halogens is 2. The number of rotatable bonds is 2. The number of amides is 1. The second-order valence-corrected chi connectivity index (χ2v) is 6.23. The number of anilines is 2. The molecule has 0 bridgehead atoms. The van der Waals surface area contributed by atoms with Crippen molar-refractivity contribution in [3.05, 3.63) is 51.0 Å². The average molecular weight is 410 g/mol. The standard InChI is InChI=1S/C14H10Br2N4O/c15-7-1-3-10(16)12(5-7)18-14(21)13-9-6-8(17)2-4-11(9)19-20-13/h1-6H,17H2,(H,18,21)(H,19,20). The largest absolute Gasteiger partial charge is 0.399 e. The van der Waals surface area contributed by atoms with Crippen molar-refractivity contribution in [3.8, 4) is 0 Å². The predicted molar refractivity (Wildman–Crippen MR) is 90.3 cm³/mol. The normalized spacial score (nSPS) is 10.8. The summed E-state index contributed by atoms with van der Waals surface area (Å²) in [6, 6.07) is 10.8. The van der Waals surface area contributed by atoms with Crippen LogP contribution in [0.3, 0.4) is 0 Å². The fourth-order valence-corrected chi connectivity index (χ4v) is 2.69. The maximum absolute atomic E-state index is 12.4. The molecule has 0 aliphatic rings. The van der Waals surface area contributed by atoms with Crippen LogP contribution < -0.4 is 11.1 Å². The molecule has 0 aliphatic heterocycles. The van der Waals surface area contributed by atoms with Crippen LogP contribution in [0.1, 0.15) is 10.5 Å². The highest BCUT2D eigenvalue weighted by molar-refractivity contribution is 9.11. The first-order valence-electron chi connectivity index (χ1n) is 6.04. The highest BCUT2D eigenvalue weighted by Gasteiger charge is 2.15. The van der Waals surface area contributed by atoms with Crippen LogP contribution in [0.2, 0.25) is 0 Å². The van der Waals surface area contributed by atoms with Gasteiger partial charge in [-0.3, -0.25) is 9.89 Å². The quantitative estimate of drug-likeness (QED) is 0.560. The molecule has 1 amide bonds. The number of aromatic amines is 1. The summed E-state index contributed by atoms with van der Waals surface area (Å²) in [5.41, 5.74) is 8.08. The molecule has 0 atom stereocenters. The SMILES string of the molecule is Nc1ccc2[nH]nc(C(=O)Nc3cc(Br)ccc3Br)c2c1. The van der Waals surface area contributed by atoms with Gasteiger partial charge in [-0.05, 0) is 52.3 Å². The smallest absolute Gasteiger partial charge is 0.276 e. The van der Waals surface area contributed by atoms with E-state index in [-0.39, 0.29) is 5.91 Å². The van der Waals surface area contributed by atoms with E-state index < -0.39 is 0 Å². The van der Waals surface area contributed by atoms with Crippen molar-refractivity contribution in [2.45, 2.75) is 0 Å². The molecule has 0 saturated heterocycles. The van der Waals surface area contributed by atoms with Crippen LogP contribution in [0.4, 0.5) is 11.4 Å². The summed E-state index contributed by atoms with van der Waals surface area (Å²) in [4.78, 5) is 12.4. The molecular weight excluding hydrogens is 400 g/mol. The lowest BCUT2D eigenvalue weighted by Crippen LogP contribution is -2.13. The number of carbonyl (C=O) groups excluding carboxylic acids is 1. The fraction of sp³-hybridized carbons (Fsp3) is 0. The second-order valence-electron chi connectivity index (χ2n) is 4.46. The minimum atomic E-state index is -0.300. The summed E-state index contributed by atoms with van der Waals surface area (Å²) < 4.78 is 1.66. The number of nitrogens with two attached hydrogens (primary N) is 1. The number of hydrogen-bond acceptors (Lipinski definition) is 3. The van der Waals surface area contributed by atoms with E-state index in [4.69, 9.17) is 5.73 Å². The summed E-state index contributed by atoms with van der Waals surface area (Å²) >= 11 is 6.77. The van der Waals surface area contributed by atoms with Crippen molar-refractivity contribution >= 4 is 60.0 Å². The lowest BCUT2D eigenvalue weighted by molar-refractivity contribution is 0.102. The van der Waals surface area contributed by atoms with Crippen LogP contribution in [0.15, 0.2) is 45.3 Å². The first kappa shape index (κ1) is 14.1. The van der Waals surface area contributed by atoms with E-state index in [1.807, 2.05) is 18.2 Å². The summed E-state index contributed by atoms with van der Waals surface area (Å²) in [6.45, 7) is 0. The Hall–Kier alpha value is -1.86. The Kier molecular flexibility index (Phi) is 3.69. The third-order valence-electron chi connectivity index (χ3n) is 2.98. The predicted octanol–water partition coefficient (Wildman–Crippen LogP) is 3.92. The molecule has 0 spiro atoms. The third kappa shape index (κ3) is 2.79. The van der Waals surface area contributed by atoms with Gasteiger partial charge >= 0.3 is 0 Å². The summed E-state index contributed by atoms with van der Waals surface area (Å²) in [5, 5.41) is 10.4. The third-order valence-corrected chi connectivity index (χ3v) is 4.16. The number of carbonyl (C=O) groups is 1. The highest BCUT2D eigenvalue weighted by Crippen LogP contribution is 2.27. The van der Waals surface area contributed by atoms with E-state index in [9.17, 15) is 4.79 Å². The molecule has 106 valence electrons. The molecule has 3 rings (SSSR count). The van der Waals surface area contributed by atoms with Crippen molar-refractivity contribution in [2.75, 3.05) is 11.1 Å². The molecule has 4 N–H and O–H groups in total. The van der Waals surface area contributed by atoms with Gasteiger partial charge in [-0.1, -0.05) is 15.9 Å². The zero-order chi connectivity index (χ0) is 15.0. The van der Waals surface area contributed by atoms with Gasteiger partial charge in [0, 0.05) is 20.0 Å². The minimum absolute atomic E-state index is 0.300. The van der Waals surface area contributed by atoms with E-state index >= 15 is 0 Å². The van der Waals surface area contributed by atoms with E-state index in [2.05, 4.69) is 47.4 Å². The molecule has 5 nitrogen and oxygen atoms in total. The number of aromatic nitrogens is 2. The number of hydrogen-bond donors (Lipinski definition) is 3. The molecule has 1 heterocycles. The summed E-state index contributed by atoms with van der Waals surface area (Å²) in [7, 11) is 0. The monoisotopic (exact) mass is 408 g/mol. The van der Waals surface area contributed by atoms with Crippen LogP contribution in [-0.4, -0.2) is 16.1 Å². The van der Waals surface area contributed by atoms with Crippen LogP contribution in [0, 0.1) is 0 Å². The molecule has 0 radical (unpaired) electrons. The van der Waals surface area contributed by atoms with Gasteiger partial charge in [0.1, 0.15) is 0 Å². The number of fused-ring (bicyclic) bond motifs is 1. The van der Waals surface area contributed by atoms with Crippen LogP contribution in [0.25, 0.3) is 10.9 Å². The van der Waals surface area contributed by atoms with Crippen molar-refractivity contribution in [1.29, 1.82) is 0 Å². The van der Waals surface area contributed by atoms with Gasteiger partial charge in [-0.15, -0.1) is 0 Å². The number of nitrogens with zero attached hydrogens (tertiary/aromatic N) is 1. The fourth-order valence-electron chi connectivity index (χ4n) is 1.98. The molecule has 0 saturated carbocycles. The maximum Gasteiger partial charge on any atom is 0.276 e. The molecule has 0 unspecified atom stereocenters. The van der Waals surface area contributed by atoms with Gasteiger partial charge < -0.3 is 11.1 Å². The van der Waals surface area contributed by atoms with E-state index in [1.54, 1.807) is 18.2 Å². The molecule has 1 aromatic heterocycles. The Morgan fingerprint density at radius 3 is 2.81 bits per heavy atom. The Morgan fingerprint density at radius 1 is 1.19 bits per heavy atom. The summed E-state index contributed by atoms with van der Waals surface area (Å²) in [6.07, 6.45) is 0. The van der Waals surface area contributed by atoms with Crippen molar-refractivity contribution in [1.82, 2.24) is 10.2 Å². The number of benzene rings is 2. The van der Waals surface area contributed by atoms with Crippen LogP contribution in [-0.2, 0) is 0 Å². The van der Waals surface area contributed by atoms with Gasteiger partial charge in [-0.2, -0.15) is 5.10 Å². The number of H-pyrrole nitrogens is 1. The first-order chi connectivity index (χ1) is 10.0. The Morgan fingerprint density at radius 2 is 2.00 bits per heavy atom. The van der Waals surface area contributed by atoms with Crippen LogP contribution in [0.5, 0.6) is 0 Å². The molecule has 7 heteroatoms. The van der Waals surface area contributed by atoms with Gasteiger partial charge in [0.2, 0.25) is 0 Å². The molecular formula is C14H10Br2N4O. The van der Waals surface area contributed by atoms with Crippen LogP contribution >= 0.6 is 31.9 Å². The molecule has 0 aliphatic carbocycles. The number of nitrogen functional groups attached to an aromatic ring is 1. The van der Waals surface area contributed by atoms with Crippen molar-refractivity contribution in [2.24, 2.45) is 0 Å². The van der Waals surface area contributed by atoms with E-state index in [1.165, 1.54) is 0 Å². The van der Waals surface area contributed by atoms with E-state index in [0.717, 1.165) is 14.5 Å². The van der Waals surface area contributed by atoms with Gasteiger partial charge in [0.15, 0.2) is 5.69 Å². The summed E-state index contributed by atoms with van der Waals surface area (Å²) in [5.74, 6) is -0.300. The topological polar surface area (TPSA) is 83.8 Å². The van der Waals surface area contributed by atoms with Crippen molar-refractivity contribution < 1.29 is 4.79 Å². The lowest BCUT2D eigenvalue weighted by atomic mass is 10.2. The van der Waals surface area contributed by atoms with Crippen molar-refractivity contribution in [3.63, 3.8) is 0 Å². The van der Waals surface area contributed by atoms with Gasteiger partial charge in [0.05, 0.1) is 11.2 Å².